The Morgan fingerprint density at radius 3 is 2.56 bits per heavy atom. The molecule has 0 atom stereocenters. The van der Waals surface area contributed by atoms with Gasteiger partial charge in [-0.2, -0.15) is 13.2 Å². The van der Waals surface area contributed by atoms with E-state index in [0.29, 0.717) is 0 Å². The molecule has 0 radical (unpaired) electrons. The maximum atomic E-state index is 12.9. The molecule has 1 rings (SSSR count). The van der Waals surface area contributed by atoms with Crippen molar-refractivity contribution in [1.82, 2.24) is 0 Å². The summed E-state index contributed by atoms with van der Waals surface area (Å²) in [4.78, 5) is 0. The van der Waals surface area contributed by atoms with Gasteiger partial charge in [0, 0.05) is 6.42 Å². The molecule has 3 N–H and O–H groups in total. The van der Waals surface area contributed by atoms with Crippen LogP contribution in [0.15, 0.2) is 18.2 Å². The fraction of sp³-hybridized carbons (Fsp3) is 0.364. The Labute approximate surface area is 101 Å². The second-order valence-electron chi connectivity index (χ2n) is 3.62. The van der Waals surface area contributed by atoms with Crippen LogP contribution < -0.4 is 10.5 Å². The van der Waals surface area contributed by atoms with E-state index >= 15 is 0 Å². The van der Waals surface area contributed by atoms with Gasteiger partial charge in [0.25, 0.3) is 0 Å². The molecule has 0 aromatic heterocycles. The molecule has 0 bridgehead atoms. The Morgan fingerprint density at radius 1 is 1.33 bits per heavy atom. The van der Waals surface area contributed by atoms with Gasteiger partial charge < -0.3 is 10.5 Å². The monoisotopic (exact) mass is 264 g/mol. The molecule has 0 aliphatic carbocycles. The molecule has 0 heterocycles. The van der Waals surface area contributed by atoms with E-state index in [1.165, 1.54) is 6.07 Å². The maximum absolute atomic E-state index is 12.9. The van der Waals surface area contributed by atoms with Crippen molar-refractivity contribution < 1.29 is 22.3 Å². The fourth-order valence-corrected chi connectivity index (χ4v) is 1.29. The summed E-state index contributed by atoms with van der Waals surface area (Å²) in [5.74, 6) is -0.894. The van der Waals surface area contributed by atoms with Crippen LogP contribution in [0.2, 0.25) is 0 Å². The number of hydrogen-bond donors (Lipinski definition) is 2. The highest BCUT2D eigenvalue weighted by molar-refractivity contribution is 5.97. The van der Waals surface area contributed by atoms with E-state index in [2.05, 4.69) is 0 Å². The molecule has 0 aliphatic rings. The molecule has 0 unspecified atom stereocenters. The Kier molecular flexibility index (Phi) is 4.52. The molecule has 3 nitrogen and oxygen atoms in total. The smallest absolute Gasteiger partial charge is 0.389 e. The van der Waals surface area contributed by atoms with E-state index in [-0.39, 0.29) is 24.3 Å². The first kappa shape index (κ1) is 14.3. The zero-order valence-corrected chi connectivity index (χ0v) is 9.35. The van der Waals surface area contributed by atoms with Gasteiger partial charge in [0.05, 0.1) is 12.2 Å². The first-order valence-corrected chi connectivity index (χ1v) is 5.13. The zero-order chi connectivity index (χ0) is 13.8. The SMILES string of the molecule is N=C(N)c1cc(F)ccc1OCCCC(F)(F)F. The van der Waals surface area contributed by atoms with Gasteiger partial charge in [-0.15, -0.1) is 0 Å². The zero-order valence-electron chi connectivity index (χ0n) is 9.35. The predicted molar refractivity (Wildman–Crippen MR) is 58.2 cm³/mol. The average molecular weight is 264 g/mol. The molecule has 0 saturated heterocycles. The highest BCUT2D eigenvalue weighted by Crippen LogP contribution is 2.23. The molecule has 0 spiro atoms. The van der Waals surface area contributed by atoms with Crippen molar-refractivity contribution in [3.8, 4) is 5.75 Å². The van der Waals surface area contributed by atoms with Crippen molar-refractivity contribution in [2.24, 2.45) is 5.73 Å². The van der Waals surface area contributed by atoms with Gasteiger partial charge in [0.2, 0.25) is 0 Å². The van der Waals surface area contributed by atoms with Crippen molar-refractivity contribution in [3.05, 3.63) is 29.6 Å². The highest BCUT2D eigenvalue weighted by Gasteiger charge is 2.26. The number of amidine groups is 1. The van der Waals surface area contributed by atoms with Gasteiger partial charge >= 0.3 is 6.18 Å². The molecule has 1 aromatic rings. The van der Waals surface area contributed by atoms with Crippen LogP contribution in [0.4, 0.5) is 17.6 Å². The third kappa shape index (κ3) is 4.60. The number of nitrogen functional groups attached to an aromatic ring is 1. The van der Waals surface area contributed by atoms with Crippen LogP contribution in [0.25, 0.3) is 0 Å². The quantitative estimate of drug-likeness (QED) is 0.372. The molecule has 0 saturated carbocycles. The van der Waals surface area contributed by atoms with Crippen LogP contribution in [0.1, 0.15) is 18.4 Å². The summed E-state index contributed by atoms with van der Waals surface area (Å²) in [6.07, 6.45) is -5.39. The van der Waals surface area contributed by atoms with Gasteiger partial charge in [-0.05, 0) is 24.6 Å². The van der Waals surface area contributed by atoms with Gasteiger partial charge in [-0.25, -0.2) is 4.39 Å². The van der Waals surface area contributed by atoms with Crippen molar-refractivity contribution >= 4 is 5.84 Å². The number of nitrogens with one attached hydrogen (secondary N) is 1. The lowest BCUT2D eigenvalue weighted by atomic mass is 10.2. The number of hydrogen-bond acceptors (Lipinski definition) is 2. The largest absolute Gasteiger partial charge is 0.493 e. The van der Waals surface area contributed by atoms with Crippen LogP contribution in [0.3, 0.4) is 0 Å². The van der Waals surface area contributed by atoms with Crippen LogP contribution in [0, 0.1) is 11.2 Å². The van der Waals surface area contributed by atoms with Crippen LogP contribution in [-0.2, 0) is 0 Å². The summed E-state index contributed by atoms with van der Waals surface area (Å²) in [5.41, 5.74) is 5.24. The van der Waals surface area contributed by atoms with Crippen molar-refractivity contribution in [3.63, 3.8) is 0 Å². The molecule has 0 aliphatic heterocycles. The number of ether oxygens (including phenoxy) is 1. The van der Waals surface area contributed by atoms with Crippen LogP contribution in [-0.4, -0.2) is 18.6 Å². The number of rotatable bonds is 5. The standard InChI is InChI=1S/C11H12F4N2O/c12-7-2-3-9(8(6-7)10(16)17)18-5-1-4-11(13,14)15/h2-3,6H,1,4-5H2,(H3,16,17). The lowest BCUT2D eigenvalue weighted by Crippen LogP contribution is -2.15. The molecule has 0 amide bonds. The minimum Gasteiger partial charge on any atom is -0.493 e. The minimum atomic E-state index is -4.23. The summed E-state index contributed by atoms with van der Waals surface area (Å²) in [6, 6.07) is 3.33. The lowest BCUT2D eigenvalue weighted by Gasteiger charge is -2.11. The molecular formula is C11H12F4N2O. The summed E-state index contributed by atoms with van der Waals surface area (Å²) in [6.45, 7) is -0.175. The number of alkyl halides is 3. The Hall–Kier alpha value is -1.79. The van der Waals surface area contributed by atoms with Gasteiger partial charge in [0.1, 0.15) is 17.4 Å². The highest BCUT2D eigenvalue weighted by atomic mass is 19.4. The van der Waals surface area contributed by atoms with E-state index in [4.69, 9.17) is 15.9 Å². The van der Waals surface area contributed by atoms with Crippen molar-refractivity contribution in [2.45, 2.75) is 19.0 Å². The average Bonchev–Trinajstić information content (AvgIpc) is 2.24. The van der Waals surface area contributed by atoms with Crippen molar-refractivity contribution in [2.75, 3.05) is 6.61 Å². The maximum Gasteiger partial charge on any atom is 0.389 e. The minimum absolute atomic E-state index is 0.0296. The first-order chi connectivity index (χ1) is 8.29. The number of nitrogens with two attached hydrogens (primary N) is 1. The number of benzene rings is 1. The molecule has 18 heavy (non-hydrogen) atoms. The molecule has 0 fully saturated rings. The normalized spacial score (nSPS) is 11.3. The summed E-state index contributed by atoms with van der Waals surface area (Å²) in [7, 11) is 0. The van der Waals surface area contributed by atoms with E-state index in [1.807, 2.05) is 0 Å². The van der Waals surface area contributed by atoms with E-state index in [0.717, 1.165) is 12.1 Å². The second kappa shape index (κ2) is 5.70. The van der Waals surface area contributed by atoms with Gasteiger partial charge in [-0.3, -0.25) is 5.41 Å². The third-order valence-corrected chi connectivity index (χ3v) is 2.09. The second-order valence-corrected chi connectivity index (χ2v) is 3.62. The van der Waals surface area contributed by atoms with E-state index < -0.39 is 24.2 Å². The topological polar surface area (TPSA) is 59.1 Å². The van der Waals surface area contributed by atoms with E-state index in [1.54, 1.807) is 0 Å². The number of halogens is 4. The molecule has 100 valence electrons. The van der Waals surface area contributed by atoms with E-state index in [9.17, 15) is 17.6 Å². The summed E-state index contributed by atoms with van der Waals surface area (Å²) in [5, 5.41) is 7.20. The third-order valence-electron chi connectivity index (χ3n) is 2.09. The Morgan fingerprint density at radius 2 is 2.00 bits per heavy atom. The molecule has 1 aromatic carbocycles. The van der Waals surface area contributed by atoms with Gasteiger partial charge in [0.15, 0.2) is 0 Å². The van der Waals surface area contributed by atoms with Crippen LogP contribution in [0.5, 0.6) is 5.75 Å². The fourth-order valence-electron chi connectivity index (χ4n) is 1.29. The molecular weight excluding hydrogens is 252 g/mol. The Bertz CT molecular complexity index is 432. The lowest BCUT2D eigenvalue weighted by molar-refractivity contribution is -0.136. The summed E-state index contributed by atoms with van der Waals surface area (Å²) < 4.78 is 53.6. The first-order valence-electron chi connectivity index (χ1n) is 5.13. The van der Waals surface area contributed by atoms with Crippen LogP contribution >= 0.6 is 0 Å². The molecule has 7 heteroatoms. The van der Waals surface area contributed by atoms with Crippen molar-refractivity contribution in [1.29, 1.82) is 5.41 Å². The summed E-state index contributed by atoms with van der Waals surface area (Å²) >= 11 is 0. The Balaban J connectivity index is 2.59. The van der Waals surface area contributed by atoms with Gasteiger partial charge in [-0.1, -0.05) is 0 Å². The predicted octanol–water partition coefficient (Wildman–Crippen LogP) is 2.83.